The van der Waals surface area contributed by atoms with Crippen LogP contribution in [0.1, 0.15) is 22.9 Å². The number of hydrazone groups is 1. The van der Waals surface area contributed by atoms with Crippen LogP contribution in [0.15, 0.2) is 108 Å². The smallest absolute Gasteiger partial charge is 0.0923 e. The highest BCUT2D eigenvalue weighted by Gasteiger charge is 2.30. The molecule has 3 aromatic carbocycles. The predicted molar refractivity (Wildman–Crippen MR) is 119 cm³/mol. The number of anilines is 1. The molecule has 0 radical (unpaired) electrons. The third-order valence-corrected chi connectivity index (χ3v) is 6.10. The number of thiophene rings is 1. The van der Waals surface area contributed by atoms with Gasteiger partial charge in [-0.3, -0.25) is 5.01 Å². The molecule has 1 aromatic heterocycles. The topological polar surface area (TPSA) is 15.6 Å². The molecule has 4 aromatic rings. The van der Waals surface area contributed by atoms with Crippen LogP contribution in [0.2, 0.25) is 0 Å². The number of hydrogen-bond donors (Lipinski definition) is 0. The van der Waals surface area contributed by atoms with E-state index < -0.39 is 0 Å². The maximum Gasteiger partial charge on any atom is 0.0923 e. The van der Waals surface area contributed by atoms with E-state index in [0.29, 0.717) is 0 Å². The van der Waals surface area contributed by atoms with Crippen molar-refractivity contribution in [2.45, 2.75) is 12.5 Å². The number of nitrogens with zero attached hydrogens (tertiary/aromatic N) is 2. The van der Waals surface area contributed by atoms with E-state index in [4.69, 9.17) is 5.10 Å². The lowest BCUT2D eigenvalue weighted by Crippen LogP contribution is -2.17. The van der Waals surface area contributed by atoms with E-state index >= 15 is 0 Å². The summed E-state index contributed by atoms with van der Waals surface area (Å²) in [6, 6.07) is 34.3. The molecule has 0 saturated heterocycles. The molecule has 3 heteroatoms. The van der Waals surface area contributed by atoms with Crippen molar-refractivity contribution in [3.05, 3.63) is 113 Å². The standard InChI is InChI=1S/C25H20N2S/c1-3-8-19(9-4-1)20-13-15-21(16-14-20)23-18-24(25-12-7-17-28-25)27(26-23)22-10-5-2-6-11-22/h1-17,24H,18H2/t24-/m0/s1. The van der Waals surface area contributed by atoms with E-state index in [1.807, 2.05) is 12.1 Å². The first-order valence-electron chi connectivity index (χ1n) is 9.49. The molecule has 0 spiro atoms. The molecule has 2 heterocycles. The van der Waals surface area contributed by atoms with Crippen molar-refractivity contribution in [3.63, 3.8) is 0 Å². The zero-order valence-corrected chi connectivity index (χ0v) is 16.2. The molecule has 0 saturated carbocycles. The summed E-state index contributed by atoms with van der Waals surface area (Å²) in [6.45, 7) is 0. The fraction of sp³-hybridized carbons (Fsp3) is 0.0800. The van der Waals surface area contributed by atoms with Crippen LogP contribution >= 0.6 is 11.3 Å². The average molecular weight is 381 g/mol. The van der Waals surface area contributed by atoms with Gasteiger partial charge in [-0.1, -0.05) is 78.9 Å². The lowest BCUT2D eigenvalue weighted by Gasteiger charge is -2.22. The molecule has 1 atom stereocenters. The van der Waals surface area contributed by atoms with E-state index in [1.54, 1.807) is 11.3 Å². The summed E-state index contributed by atoms with van der Waals surface area (Å²) in [4.78, 5) is 1.35. The van der Waals surface area contributed by atoms with Gasteiger partial charge in [-0.05, 0) is 40.3 Å². The second-order valence-electron chi connectivity index (χ2n) is 6.91. The zero-order chi connectivity index (χ0) is 18.8. The lowest BCUT2D eigenvalue weighted by atomic mass is 9.99. The molecule has 1 aliphatic heterocycles. The highest BCUT2D eigenvalue weighted by Crippen LogP contribution is 2.38. The minimum absolute atomic E-state index is 0.256. The van der Waals surface area contributed by atoms with Gasteiger partial charge in [-0.15, -0.1) is 11.3 Å². The summed E-state index contributed by atoms with van der Waals surface area (Å²) in [6.07, 6.45) is 0.917. The molecule has 0 aliphatic carbocycles. The first kappa shape index (κ1) is 17.0. The van der Waals surface area contributed by atoms with Gasteiger partial charge in [0.2, 0.25) is 0 Å². The van der Waals surface area contributed by atoms with E-state index in [1.165, 1.54) is 21.6 Å². The van der Waals surface area contributed by atoms with Gasteiger partial charge in [0, 0.05) is 11.3 Å². The summed E-state index contributed by atoms with van der Waals surface area (Å²) in [7, 11) is 0. The SMILES string of the molecule is c1ccc(-c2ccc(C3=NN(c4ccccc4)[C@H](c4cccs4)C3)cc2)cc1. The molecule has 2 nitrogen and oxygen atoms in total. The minimum atomic E-state index is 0.256. The summed E-state index contributed by atoms with van der Waals surface area (Å²) < 4.78 is 0. The summed E-state index contributed by atoms with van der Waals surface area (Å²) in [5, 5.41) is 9.34. The van der Waals surface area contributed by atoms with Crippen molar-refractivity contribution in [2.24, 2.45) is 5.10 Å². The van der Waals surface area contributed by atoms with Crippen LogP contribution in [0.25, 0.3) is 11.1 Å². The summed E-state index contributed by atoms with van der Waals surface area (Å²) >= 11 is 1.80. The van der Waals surface area contributed by atoms with Crippen LogP contribution in [-0.2, 0) is 0 Å². The van der Waals surface area contributed by atoms with Crippen molar-refractivity contribution in [2.75, 3.05) is 5.01 Å². The Balaban J connectivity index is 1.48. The molecular weight excluding hydrogens is 360 g/mol. The second-order valence-corrected chi connectivity index (χ2v) is 7.88. The van der Waals surface area contributed by atoms with Crippen LogP contribution in [0.4, 0.5) is 5.69 Å². The van der Waals surface area contributed by atoms with Crippen molar-refractivity contribution in [1.82, 2.24) is 0 Å². The van der Waals surface area contributed by atoms with Gasteiger partial charge in [-0.25, -0.2) is 0 Å². The fourth-order valence-corrected chi connectivity index (χ4v) is 4.50. The first-order chi connectivity index (χ1) is 13.9. The molecule has 0 fully saturated rings. The number of hydrogen-bond acceptors (Lipinski definition) is 3. The molecule has 0 amide bonds. The van der Waals surface area contributed by atoms with Gasteiger partial charge in [0.25, 0.3) is 0 Å². The largest absolute Gasteiger partial charge is 0.257 e. The quantitative estimate of drug-likeness (QED) is 0.381. The molecule has 0 unspecified atom stereocenters. The Labute approximate surface area is 169 Å². The Morgan fingerprint density at radius 2 is 1.32 bits per heavy atom. The fourth-order valence-electron chi connectivity index (χ4n) is 3.69. The van der Waals surface area contributed by atoms with Crippen LogP contribution in [0, 0.1) is 0 Å². The summed E-state index contributed by atoms with van der Waals surface area (Å²) in [5.74, 6) is 0. The Bertz CT molecular complexity index is 1070. The van der Waals surface area contributed by atoms with Crippen molar-refractivity contribution < 1.29 is 0 Å². The number of para-hydroxylation sites is 1. The average Bonchev–Trinajstić information content (AvgIpc) is 3.45. The minimum Gasteiger partial charge on any atom is -0.257 e. The zero-order valence-electron chi connectivity index (χ0n) is 15.4. The maximum absolute atomic E-state index is 5.03. The molecule has 28 heavy (non-hydrogen) atoms. The highest BCUT2D eigenvalue weighted by molar-refractivity contribution is 7.10. The lowest BCUT2D eigenvalue weighted by molar-refractivity contribution is 0.722. The Hall–Kier alpha value is -3.17. The van der Waals surface area contributed by atoms with E-state index in [0.717, 1.165) is 17.8 Å². The molecular formula is C25H20N2S. The highest BCUT2D eigenvalue weighted by atomic mass is 32.1. The Morgan fingerprint density at radius 3 is 2.00 bits per heavy atom. The van der Waals surface area contributed by atoms with Gasteiger partial charge in [0.1, 0.15) is 0 Å². The molecule has 0 bridgehead atoms. The molecule has 0 N–H and O–H groups in total. The van der Waals surface area contributed by atoms with Gasteiger partial charge in [-0.2, -0.15) is 5.10 Å². The van der Waals surface area contributed by atoms with Gasteiger partial charge < -0.3 is 0 Å². The van der Waals surface area contributed by atoms with Crippen LogP contribution in [0.5, 0.6) is 0 Å². The van der Waals surface area contributed by atoms with Crippen LogP contribution < -0.4 is 5.01 Å². The third kappa shape index (κ3) is 3.25. The van der Waals surface area contributed by atoms with Gasteiger partial charge in [0.15, 0.2) is 0 Å². The number of rotatable bonds is 4. The third-order valence-electron chi connectivity index (χ3n) is 5.13. The van der Waals surface area contributed by atoms with Gasteiger partial charge in [0.05, 0.1) is 17.4 Å². The van der Waals surface area contributed by atoms with Gasteiger partial charge >= 0.3 is 0 Å². The van der Waals surface area contributed by atoms with Crippen LogP contribution in [-0.4, -0.2) is 5.71 Å². The normalized spacial score (nSPS) is 16.2. The maximum atomic E-state index is 5.03. The predicted octanol–water partition coefficient (Wildman–Crippen LogP) is 6.77. The van der Waals surface area contributed by atoms with Crippen molar-refractivity contribution in [1.29, 1.82) is 0 Å². The Morgan fingerprint density at radius 1 is 0.679 bits per heavy atom. The monoisotopic (exact) mass is 380 g/mol. The molecule has 1 aliphatic rings. The molecule has 5 rings (SSSR count). The van der Waals surface area contributed by atoms with Crippen molar-refractivity contribution >= 4 is 22.7 Å². The summed E-state index contributed by atoms with van der Waals surface area (Å²) in [5.41, 5.74) is 5.95. The first-order valence-corrected chi connectivity index (χ1v) is 10.4. The van der Waals surface area contributed by atoms with E-state index in [2.05, 4.69) is 95.3 Å². The molecule has 136 valence electrons. The van der Waals surface area contributed by atoms with E-state index in [-0.39, 0.29) is 6.04 Å². The van der Waals surface area contributed by atoms with Crippen LogP contribution in [0.3, 0.4) is 0 Å². The second kappa shape index (κ2) is 7.45. The Kier molecular flexibility index (Phi) is 4.51. The van der Waals surface area contributed by atoms with E-state index in [9.17, 15) is 0 Å². The van der Waals surface area contributed by atoms with Crippen molar-refractivity contribution in [3.8, 4) is 11.1 Å². The number of benzene rings is 3.